The molecule has 22 nitrogen and oxygen atoms in total. The number of rotatable bonds is 17. The Balaban J connectivity index is 1.33. The van der Waals surface area contributed by atoms with Gasteiger partial charge in [-0.15, -0.1) is 0 Å². The Morgan fingerprint density at radius 1 is 0.778 bits per heavy atom. The Bertz CT molecular complexity index is 3160. The molecule has 8 rings (SSSR count). The minimum Gasteiger partial charge on any atom is -0.458 e. The minimum absolute atomic E-state index is 0.0233. The SMILES string of the molecule is CCOC(=O)O[C@@H](C(=O)O[C@H]1C[C@@]2(O)[C@@H](OC(=O)c3ccccc3)[C@@H]3[C@]4(OC(C)=O)CO[C@@H]4C[C@H](OC(=O)c4ccccc4COP(=O)(O)O)[C@@]3(C)C(=O)[C@H](OC(C)=O)C(=C1C)C2(C)C)[C@@H](NC(=O)c1ccccc1)c1ccccc1. The Labute approximate surface area is 465 Å². The van der Waals surface area contributed by atoms with Crippen LogP contribution in [0.4, 0.5) is 4.79 Å². The van der Waals surface area contributed by atoms with Crippen LogP contribution in [0.2, 0.25) is 0 Å². The maximum Gasteiger partial charge on any atom is 0.509 e. The molecule has 0 unspecified atom stereocenters. The molecule has 1 aliphatic heterocycles. The van der Waals surface area contributed by atoms with Crippen LogP contribution in [-0.4, -0.2) is 124 Å². The molecule has 0 radical (unpaired) electrons. The smallest absolute Gasteiger partial charge is 0.458 e. The van der Waals surface area contributed by atoms with Crippen molar-refractivity contribution in [3.63, 3.8) is 0 Å². The molecule has 3 fully saturated rings. The van der Waals surface area contributed by atoms with Gasteiger partial charge in [-0.3, -0.25) is 23.7 Å². The number of Topliss-reactive ketones (excluding diaryl/α,β-unsaturated/α-hetero) is 1. The standard InChI is InChI=1S/C58H62NO21P/c1-8-72-54(67)78-46(44(35-20-12-9-13-21-35)59-50(63)36-22-14-10-15-23-36)53(66)76-40-29-58(68)49(79-51(64)37-24-16-11-17-25-37)47-56(7,48(62)45(75-33(3)60)43(32(40)2)55(58,5)6)41(28-42-57(47,31-73-42)80-34(4)61)77-52(65)39-27-19-18-26-38(39)30-74-81(69,70)71/h9-27,40-42,44-47,49,68H,8,28-31H2,1-7H3,(H,59,63)(H2,69,70,71)/t40-,41-,42+,44-,45+,46+,47-,49-,56+,57-,58+/m0/s1. The molecular formula is C58H62NO21P. The lowest BCUT2D eigenvalue weighted by Crippen LogP contribution is -2.82. The highest BCUT2D eigenvalue weighted by Gasteiger charge is 2.79. The largest absolute Gasteiger partial charge is 0.509 e. The predicted octanol–water partition coefficient (Wildman–Crippen LogP) is 6.39. The maximum absolute atomic E-state index is 16.5. The van der Waals surface area contributed by atoms with Crippen molar-refractivity contribution in [1.82, 2.24) is 5.32 Å². The molecule has 0 aromatic heterocycles. The lowest BCUT2D eigenvalue weighted by Gasteiger charge is -2.67. The van der Waals surface area contributed by atoms with E-state index in [0.717, 1.165) is 13.8 Å². The highest BCUT2D eigenvalue weighted by Crippen LogP contribution is 2.65. The summed E-state index contributed by atoms with van der Waals surface area (Å²) in [4.78, 5) is 135. The van der Waals surface area contributed by atoms with E-state index in [1.165, 1.54) is 83.1 Å². The van der Waals surface area contributed by atoms with Crippen molar-refractivity contribution < 1.29 is 100 Å². The van der Waals surface area contributed by atoms with Crippen molar-refractivity contribution in [2.75, 3.05) is 13.2 Å². The summed E-state index contributed by atoms with van der Waals surface area (Å²) in [7, 11) is -5.07. The molecule has 3 aliphatic carbocycles. The lowest BCUT2D eigenvalue weighted by atomic mass is 9.44. The van der Waals surface area contributed by atoms with Gasteiger partial charge in [0.15, 0.2) is 17.5 Å². The number of hydrogen-bond acceptors (Lipinski definition) is 19. The summed E-state index contributed by atoms with van der Waals surface area (Å²) in [5.41, 5.74) is -8.90. The van der Waals surface area contributed by atoms with E-state index in [1.807, 2.05) is 0 Å². The van der Waals surface area contributed by atoms with Gasteiger partial charge in [-0.05, 0) is 73.4 Å². The van der Waals surface area contributed by atoms with Gasteiger partial charge in [-0.2, -0.15) is 0 Å². The zero-order valence-corrected chi connectivity index (χ0v) is 46.2. The summed E-state index contributed by atoms with van der Waals surface area (Å²) in [5.74, 6) is -8.98. The fourth-order valence-electron chi connectivity index (χ4n) is 11.9. The predicted molar refractivity (Wildman–Crippen MR) is 280 cm³/mol. The number of benzene rings is 4. The Morgan fingerprint density at radius 3 is 1.96 bits per heavy atom. The van der Waals surface area contributed by atoms with Crippen LogP contribution >= 0.6 is 7.82 Å². The number of amides is 1. The third-order valence-electron chi connectivity index (χ3n) is 15.8. The third-order valence-corrected chi connectivity index (χ3v) is 16.3. The van der Waals surface area contributed by atoms with E-state index in [-0.39, 0.29) is 45.6 Å². The Morgan fingerprint density at radius 2 is 1.38 bits per heavy atom. The second-order valence-corrected chi connectivity index (χ2v) is 22.2. The van der Waals surface area contributed by atoms with Crippen LogP contribution < -0.4 is 5.32 Å². The number of fused-ring (bicyclic) bond motifs is 5. The van der Waals surface area contributed by atoms with Crippen LogP contribution in [0.25, 0.3) is 0 Å². The highest BCUT2D eigenvalue weighted by atomic mass is 31.2. The fourth-order valence-corrected chi connectivity index (χ4v) is 12.2. The van der Waals surface area contributed by atoms with E-state index >= 15 is 9.59 Å². The molecule has 1 saturated heterocycles. The summed E-state index contributed by atoms with van der Waals surface area (Å²) in [5, 5.41) is 17.0. The lowest BCUT2D eigenvalue weighted by molar-refractivity contribution is -0.345. The van der Waals surface area contributed by atoms with Crippen molar-refractivity contribution in [2.45, 2.75) is 122 Å². The minimum atomic E-state index is -5.07. The summed E-state index contributed by atoms with van der Waals surface area (Å²) >= 11 is 0. The number of carbonyl (C=O) groups is 8. The first-order valence-electron chi connectivity index (χ1n) is 25.9. The molecule has 2 saturated carbocycles. The monoisotopic (exact) mass is 1140 g/mol. The molecule has 1 heterocycles. The average molecular weight is 1140 g/mol. The molecule has 430 valence electrons. The molecule has 2 bridgehead atoms. The van der Waals surface area contributed by atoms with Crippen LogP contribution in [-0.2, 0) is 72.8 Å². The molecule has 23 heteroatoms. The number of hydrogen-bond donors (Lipinski definition) is 4. The average Bonchev–Trinajstić information content (AvgIpc) is 0.878. The van der Waals surface area contributed by atoms with E-state index in [0.29, 0.717) is 0 Å². The van der Waals surface area contributed by atoms with E-state index in [1.54, 1.807) is 66.7 Å². The molecule has 1 amide bonds. The molecule has 11 atom stereocenters. The van der Waals surface area contributed by atoms with Gasteiger partial charge in [0.25, 0.3) is 5.91 Å². The van der Waals surface area contributed by atoms with E-state index in [9.17, 15) is 48.2 Å². The molecule has 4 aliphatic rings. The van der Waals surface area contributed by atoms with Gasteiger partial charge in [-0.25, -0.2) is 23.7 Å². The molecule has 0 spiro atoms. The van der Waals surface area contributed by atoms with Gasteiger partial charge >= 0.3 is 43.8 Å². The number of phosphoric acid groups is 1. The first-order valence-corrected chi connectivity index (χ1v) is 27.5. The van der Waals surface area contributed by atoms with E-state index < -0.39 is 152 Å². The van der Waals surface area contributed by atoms with Gasteiger partial charge in [0, 0.05) is 37.7 Å². The van der Waals surface area contributed by atoms with E-state index in [2.05, 4.69) is 5.32 Å². The molecule has 4 N–H and O–H groups in total. The van der Waals surface area contributed by atoms with Crippen molar-refractivity contribution >= 4 is 55.5 Å². The second-order valence-electron chi connectivity index (χ2n) is 20.9. The molecular weight excluding hydrogens is 1080 g/mol. The number of carbonyl (C=O) groups excluding carboxylic acids is 8. The summed E-state index contributed by atoms with van der Waals surface area (Å²) in [6.45, 7) is 7.90. The van der Waals surface area contributed by atoms with Crippen molar-refractivity contribution in [3.05, 3.63) is 154 Å². The molecule has 81 heavy (non-hydrogen) atoms. The summed E-state index contributed by atoms with van der Waals surface area (Å²) in [6, 6.07) is 27.6. The first kappa shape index (κ1) is 59.5. The van der Waals surface area contributed by atoms with E-state index in [4.69, 9.17) is 42.4 Å². The van der Waals surface area contributed by atoms with Gasteiger partial charge in [0.2, 0.25) is 6.10 Å². The topological polar surface area (TPSA) is 309 Å². The molecule has 4 aromatic rings. The zero-order chi connectivity index (χ0) is 58.8. The Kier molecular flexibility index (Phi) is 17.3. The van der Waals surface area contributed by atoms with Gasteiger partial charge in [0.1, 0.15) is 36.1 Å². The maximum atomic E-state index is 16.5. The van der Waals surface area contributed by atoms with Crippen molar-refractivity contribution in [3.8, 4) is 0 Å². The quantitative estimate of drug-likeness (QED) is 0.0385. The summed E-state index contributed by atoms with van der Waals surface area (Å²) in [6.07, 6.45) is -13.3. The van der Waals surface area contributed by atoms with Crippen molar-refractivity contribution in [2.24, 2.45) is 16.7 Å². The number of nitrogens with one attached hydrogen (secondary N) is 1. The Hall–Kier alpha value is -7.59. The van der Waals surface area contributed by atoms with Gasteiger partial charge < -0.3 is 58.1 Å². The van der Waals surface area contributed by atoms with Crippen LogP contribution in [0.15, 0.2) is 126 Å². The summed E-state index contributed by atoms with van der Waals surface area (Å²) < 4.78 is 65.0. The normalized spacial score (nSPS) is 27.1. The zero-order valence-electron chi connectivity index (χ0n) is 45.3. The van der Waals surface area contributed by atoms with Crippen LogP contribution in [0.5, 0.6) is 0 Å². The van der Waals surface area contributed by atoms with Crippen LogP contribution in [0.1, 0.15) is 110 Å². The number of ether oxygens (including phenoxy) is 8. The molecule has 4 aromatic carbocycles. The number of aliphatic hydroxyl groups is 1. The number of ketones is 1. The van der Waals surface area contributed by atoms with Gasteiger partial charge in [-0.1, -0.05) is 98.8 Å². The first-order chi connectivity index (χ1) is 38.3. The van der Waals surface area contributed by atoms with Gasteiger partial charge in [0.05, 0.1) is 42.3 Å². The number of phosphoric ester groups is 1. The van der Waals surface area contributed by atoms with Crippen LogP contribution in [0, 0.1) is 16.7 Å². The number of esters is 5. The van der Waals surface area contributed by atoms with Crippen LogP contribution in [0.3, 0.4) is 0 Å². The highest BCUT2D eigenvalue weighted by molar-refractivity contribution is 7.46. The second kappa shape index (κ2) is 23.5. The van der Waals surface area contributed by atoms with Crippen molar-refractivity contribution in [1.29, 1.82) is 0 Å². The fraction of sp³-hybridized carbons (Fsp3) is 0.414. The third kappa shape index (κ3) is 11.7.